The first-order valence-corrected chi connectivity index (χ1v) is 6.44. The van der Waals surface area contributed by atoms with Crippen LogP contribution in [0.1, 0.15) is 11.1 Å². The summed E-state index contributed by atoms with van der Waals surface area (Å²) < 4.78 is 19.1. The van der Waals surface area contributed by atoms with E-state index >= 15 is 0 Å². The molecule has 0 saturated carbocycles. The van der Waals surface area contributed by atoms with Gasteiger partial charge in [-0.2, -0.15) is 0 Å². The first-order valence-electron chi connectivity index (χ1n) is 5.68. The Morgan fingerprint density at radius 2 is 1.95 bits per heavy atom. The minimum Gasteiger partial charge on any atom is -0.489 e. The molecule has 0 amide bonds. The number of nitrogens with two attached hydrogens (primary N) is 1. The maximum Gasteiger partial charge on any atom is 0.148 e. The van der Waals surface area contributed by atoms with Crippen LogP contribution in [0.3, 0.4) is 0 Å². The lowest BCUT2D eigenvalue weighted by molar-refractivity contribution is 0.300. The van der Waals surface area contributed by atoms with E-state index in [2.05, 4.69) is 0 Å². The van der Waals surface area contributed by atoms with Crippen LogP contribution in [0.5, 0.6) is 5.75 Å². The van der Waals surface area contributed by atoms with Crippen LogP contribution >= 0.6 is 23.2 Å². The third-order valence-electron chi connectivity index (χ3n) is 2.66. The average Bonchev–Trinajstić information content (AvgIpc) is 2.40. The summed E-state index contributed by atoms with van der Waals surface area (Å²) in [6.07, 6.45) is 0. The summed E-state index contributed by atoms with van der Waals surface area (Å²) in [5, 5.41) is 7.68. The van der Waals surface area contributed by atoms with E-state index in [1.165, 1.54) is 12.1 Å². The number of amidine groups is 1. The Morgan fingerprint density at radius 1 is 1.20 bits per heavy atom. The summed E-state index contributed by atoms with van der Waals surface area (Å²) >= 11 is 11.7. The monoisotopic (exact) mass is 312 g/mol. The number of hydrogen-bond acceptors (Lipinski definition) is 2. The van der Waals surface area contributed by atoms with Gasteiger partial charge in [-0.1, -0.05) is 35.3 Å². The zero-order valence-corrected chi connectivity index (χ0v) is 11.8. The molecule has 20 heavy (non-hydrogen) atoms. The molecule has 0 aliphatic heterocycles. The van der Waals surface area contributed by atoms with Gasteiger partial charge in [-0.25, -0.2) is 4.39 Å². The van der Waals surface area contributed by atoms with Crippen LogP contribution in [0.4, 0.5) is 4.39 Å². The average molecular weight is 313 g/mol. The van der Waals surface area contributed by atoms with Gasteiger partial charge in [-0.05, 0) is 24.3 Å². The second-order valence-electron chi connectivity index (χ2n) is 4.06. The maximum absolute atomic E-state index is 13.7. The largest absolute Gasteiger partial charge is 0.489 e. The maximum atomic E-state index is 13.7. The summed E-state index contributed by atoms with van der Waals surface area (Å²) in [7, 11) is 0. The molecule has 0 heterocycles. The number of halogens is 3. The third-order valence-corrected chi connectivity index (χ3v) is 3.26. The van der Waals surface area contributed by atoms with Crippen LogP contribution in [-0.2, 0) is 6.61 Å². The highest BCUT2D eigenvalue weighted by Crippen LogP contribution is 2.24. The quantitative estimate of drug-likeness (QED) is 0.662. The number of nitrogens with one attached hydrogen (secondary N) is 1. The summed E-state index contributed by atoms with van der Waals surface area (Å²) in [6, 6.07) is 9.43. The lowest BCUT2D eigenvalue weighted by Gasteiger charge is -2.09. The van der Waals surface area contributed by atoms with Gasteiger partial charge in [0.05, 0.1) is 10.0 Å². The van der Waals surface area contributed by atoms with Crippen LogP contribution in [0, 0.1) is 11.2 Å². The standard InChI is InChI=1S/C14H11Cl2FN2O/c15-11-3-1-2-8(13(11)17)7-20-9-4-5-10(14(18)19)12(16)6-9/h1-6H,7H2,(H3,18,19). The van der Waals surface area contributed by atoms with Gasteiger partial charge in [-0.3, -0.25) is 5.41 Å². The molecular weight excluding hydrogens is 302 g/mol. The second kappa shape index (κ2) is 6.11. The lowest BCUT2D eigenvalue weighted by atomic mass is 10.2. The van der Waals surface area contributed by atoms with Gasteiger partial charge in [0.15, 0.2) is 0 Å². The molecule has 6 heteroatoms. The molecule has 2 aromatic rings. The van der Waals surface area contributed by atoms with E-state index in [4.69, 9.17) is 39.1 Å². The van der Waals surface area contributed by atoms with Gasteiger partial charge in [0.2, 0.25) is 0 Å². The fourth-order valence-corrected chi connectivity index (χ4v) is 2.09. The Kier molecular flexibility index (Phi) is 4.47. The van der Waals surface area contributed by atoms with E-state index in [0.29, 0.717) is 21.9 Å². The highest BCUT2D eigenvalue weighted by Gasteiger charge is 2.08. The van der Waals surface area contributed by atoms with Gasteiger partial charge >= 0.3 is 0 Å². The lowest BCUT2D eigenvalue weighted by Crippen LogP contribution is -2.11. The normalized spacial score (nSPS) is 10.3. The molecule has 2 rings (SSSR count). The predicted octanol–water partition coefficient (Wildman–Crippen LogP) is 4.00. The van der Waals surface area contributed by atoms with Crippen LogP contribution in [0.15, 0.2) is 36.4 Å². The van der Waals surface area contributed by atoms with Crippen molar-refractivity contribution >= 4 is 29.0 Å². The summed E-state index contributed by atoms with van der Waals surface area (Å²) in [5.41, 5.74) is 6.14. The summed E-state index contributed by atoms with van der Waals surface area (Å²) in [4.78, 5) is 0. The van der Waals surface area contributed by atoms with Crippen molar-refractivity contribution in [1.82, 2.24) is 0 Å². The highest BCUT2D eigenvalue weighted by atomic mass is 35.5. The molecule has 0 spiro atoms. The van der Waals surface area contributed by atoms with E-state index in [1.807, 2.05) is 0 Å². The van der Waals surface area contributed by atoms with Crippen molar-refractivity contribution in [3.8, 4) is 5.75 Å². The predicted molar refractivity (Wildman–Crippen MR) is 78.2 cm³/mol. The minimum absolute atomic E-state index is 0.0299. The molecule has 3 N–H and O–H groups in total. The van der Waals surface area contributed by atoms with E-state index in [-0.39, 0.29) is 17.5 Å². The van der Waals surface area contributed by atoms with Gasteiger partial charge in [0.1, 0.15) is 24.0 Å². The molecule has 0 aromatic heterocycles. The number of hydrogen-bond donors (Lipinski definition) is 2. The SMILES string of the molecule is N=C(N)c1ccc(OCc2cccc(Cl)c2F)cc1Cl. The van der Waals surface area contributed by atoms with Crippen LogP contribution in [0.2, 0.25) is 10.0 Å². The van der Waals surface area contributed by atoms with Crippen molar-refractivity contribution in [3.63, 3.8) is 0 Å². The zero-order valence-electron chi connectivity index (χ0n) is 10.3. The number of rotatable bonds is 4. The van der Waals surface area contributed by atoms with Crippen molar-refractivity contribution in [3.05, 3.63) is 63.4 Å². The van der Waals surface area contributed by atoms with Gasteiger partial charge in [-0.15, -0.1) is 0 Å². The summed E-state index contributed by atoms with van der Waals surface area (Å²) in [5.74, 6) is -0.164. The van der Waals surface area contributed by atoms with Gasteiger partial charge < -0.3 is 10.5 Å². The Morgan fingerprint density at radius 3 is 2.60 bits per heavy atom. The molecule has 0 aliphatic rings. The topological polar surface area (TPSA) is 59.1 Å². The molecule has 0 atom stereocenters. The molecule has 0 saturated heterocycles. The van der Waals surface area contributed by atoms with E-state index < -0.39 is 5.82 Å². The van der Waals surface area contributed by atoms with E-state index in [0.717, 1.165) is 0 Å². The third kappa shape index (κ3) is 3.21. The first-order chi connectivity index (χ1) is 9.49. The van der Waals surface area contributed by atoms with Crippen LogP contribution in [-0.4, -0.2) is 5.84 Å². The minimum atomic E-state index is -0.499. The van der Waals surface area contributed by atoms with Crippen LogP contribution < -0.4 is 10.5 Å². The van der Waals surface area contributed by atoms with Crippen molar-refractivity contribution in [1.29, 1.82) is 5.41 Å². The first kappa shape index (κ1) is 14.6. The van der Waals surface area contributed by atoms with Crippen molar-refractivity contribution in [2.75, 3.05) is 0 Å². The fourth-order valence-electron chi connectivity index (χ4n) is 1.63. The van der Waals surface area contributed by atoms with Crippen molar-refractivity contribution < 1.29 is 9.13 Å². The molecule has 0 unspecified atom stereocenters. The Hall–Kier alpha value is -1.78. The fraction of sp³-hybridized carbons (Fsp3) is 0.0714. The Balaban J connectivity index is 2.13. The number of ether oxygens (including phenoxy) is 1. The molecule has 3 nitrogen and oxygen atoms in total. The number of nitrogen functional groups attached to an aromatic ring is 1. The summed E-state index contributed by atoms with van der Waals surface area (Å²) in [6.45, 7) is 0.0299. The molecule has 2 aromatic carbocycles. The van der Waals surface area contributed by atoms with E-state index in [1.54, 1.807) is 24.3 Å². The Bertz CT molecular complexity index is 662. The number of benzene rings is 2. The smallest absolute Gasteiger partial charge is 0.148 e. The van der Waals surface area contributed by atoms with E-state index in [9.17, 15) is 4.39 Å². The van der Waals surface area contributed by atoms with Gasteiger partial charge in [0.25, 0.3) is 0 Å². The molecule has 104 valence electrons. The van der Waals surface area contributed by atoms with Crippen LogP contribution in [0.25, 0.3) is 0 Å². The molecule has 0 radical (unpaired) electrons. The molecule has 0 fully saturated rings. The van der Waals surface area contributed by atoms with Crippen molar-refractivity contribution in [2.24, 2.45) is 5.73 Å². The highest BCUT2D eigenvalue weighted by molar-refractivity contribution is 6.34. The zero-order chi connectivity index (χ0) is 14.7. The second-order valence-corrected chi connectivity index (χ2v) is 4.87. The van der Waals surface area contributed by atoms with Crippen molar-refractivity contribution in [2.45, 2.75) is 6.61 Å². The molecule has 0 bridgehead atoms. The van der Waals surface area contributed by atoms with Gasteiger partial charge in [0, 0.05) is 11.1 Å². The molecular formula is C14H11Cl2FN2O. The Labute approximate surface area is 125 Å². The molecule has 0 aliphatic carbocycles.